The van der Waals surface area contributed by atoms with Crippen molar-refractivity contribution in [2.24, 2.45) is 0 Å². The SMILES string of the molecule is N#Cc1c(-c2ccc(S(=O)(=O)NC(CF)CF)cn2)n(C2CCC2)c2ccc(F)cc12. The van der Waals surface area contributed by atoms with Crippen LogP contribution in [0.2, 0.25) is 0 Å². The molecule has 1 N–H and O–H groups in total. The molecule has 6 nitrogen and oxygen atoms in total. The maximum Gasteiger partial charge on any atom is 0.242 e. The molecule has 1 aromatic carbocycles. The first-order valence-electron chi connectivity index (χ1n) is 9.73. The number of nitrogens with one attached hydrogen (secondary N) is 1. The van der Waals surface area contributed by atoms with Crippen LogP contribution in [0.4, 0.5) is 13.2 Å². The van der Waals surface area contributed by atoms with E-state index in [-0.39, 0.29) is 16.5 Å². The van der Waals surface area contributed by atoms with E-state index in [4.69, 9.17) is 0 Å². The minimum absolute atomic E-state index is 0.131. The summed E-state index contributed by atoms with van der Waals surface area (Å²) in [7, 11) is -4.16. The molecule has 1 aliphatic carbocycles. The molecule has 1 saturated carbocycles. The van der Waals surface area contributed by atoms with Crippen LogP contribution in [0.1, 0.15) is 30.9 Å². The van der Waals surface area contributed by atoms with Crippen molar-refractivity contribution in [2.45, 2.75) is 36.2 Å². The second-order valence-electron chi connectivity index (χ2n) is 7.46. The molecule has 3 aromatic rings. The van der Waals surface area contributed by atoms with Gasteiger partial charge in [0.15, 0.2) is 0 Å². The Hall–Kier alpha value is -2.90. The number of rotatable bonds is 7. The van der Waals surface area contributed by atoms with Crippen molar-refractivity contribution in [1.29, 1.82) is 5.26 Å². The summed E-state index contributed by atoms with van der Waals surface area (Å²) in [6.45, 7) is -2.35. The number of nitrogens with zero attached hydrogens (tertiary/aromatic N) is 3. The Labute approximate surface area is 177 Å². The Kier molecular flexibility index (Phi) is 5.73. The second-order valence-corrected chi connectivity index (χ2v) is 9.17. The van der Waals surface area contributed by atoms with E-state index in [1.54, 1.807) is 6.07 Å². The summed E-state index contributed by atoms with van der Waals surface area (Å²) in [6, 6.07) is 7.78. The predicted molar refractivity (Wildman–Crippen MR) is 109 cm³/mol. The van der Waals surface area contributed by atoms with Crippen molar-refractivity contribution in [3.63, 3.8) is 0 Å². The van der Waals surface area contributed by atoms with E-state index in [1.807, 2.05) is 9.29 Å². The molecule has 0 saturated heterocycles. The first-order valence-corrected chi connectivity index (χ1v) is 11.2. The molecule has 0 amide bonds. The zero-order valence-corrected chi connectivity index (χ0v) is 17.2. The standard InChI is InChI=1S/C21H19F3N4O2S/c22-9-14(10-23)27-31(29,30)16-5-6-19(26-12-16)21-18(11-25)17-8-13(24)4-7-20(17)28(21)15-2-1-3-15/h4-8,12,14-15,27H,1-3,9-10H2. The number of alkyl halides is 2. The van der Waals surface area contributed by atoms with Crippen molar-refractivity contribution in [1.82, 2.24) is 14.3 Å². The van der Waals surface area contributed by atoms with Crippen LogP contribution in [0.3, 0.4) is 0 Å². The number of nitriles is 1. The van der Waals surface area contributed by atoms with Gasteiger partial charge in [0.2, 0.25) is 10.0 Å². The summed E-state index contributed by atoms with van der Waals surface area (Å²) >= 11 is 0. The van der Waals surface area contributed by atoms with Gasteiger partial charge in [-0.2, -0.15) is 5.26 Å². The van der Waals surface area contributed by atoms with Crippen LogP contribution in [0.5, 0.6) is 0 Å². The summed E-state index contributed by atoms with van der Waals surface area (Å²) in [6.07, 6.45) is 3.93. The fourth-order valence-corrected chi connectivity index (χ4v) is 4.89. The minimum Gasteiger partial charge on any atom is -0.335 e. The third kappa shape index (κ3) is 3.79. The molecule has 0 aliphatic heterocycles. The zero-order valence-electron chi connectivity index (χ0n) is 16.4. The third-order valence-electron chi connectivity index (χ3n) is 5.50. The molecule has 1 aliphatic rings. The van der Waals surface area contributed by atoms with Gasteiger partial charge in [0, 0.05) is 17.6 Å². The quantitative estimate of drug-likeness (QED) is 0.591. The normalized spacial score (nSPS) is 14.7. The summed E-state index contributed by atoms with van der Waals surface area (Å²) < 4.78 is 67.9. The van der Waals surface area contributed by atoms with Crippen molar-refractivity contribution in [3.05, 3.63) is 47.9 Å². The number of aromatic nitrogens is 2. The lowest BCUT2D eigenvalue weighted by Crippen LogP contribution is -2.37. The molecule has 31 heavy (non-hydrogen) atoms. The molecule has 2 aromatic heterocycles. The molecule has 1 fully saturated rings. The molecular formula is C21H19F3N4O2S. The minimum atomic E-state index is -4.16. The summed E-state index contributed by atoms with van der Waals surface area (Å²) in [5, 5.41) is 10.3. The van der Waals surface area contributed by atoms with Crippen molar-refractivity contribution in [3.8, 4) is 17.5 Å². The lowest BCUT2D eigenvalue weighted by Gasteiger charge is -2.30. The predicted octanol–water partition coefficient (Wildman–Crippen LogP) is 4.02. The lowest BCUT2D eigenvalue weighted by molar-refractivity contribution is 0.324. The van der Waals surface area contributed by atoms with Gasteiger partial charge in [-0.15, -0.1) is 0 Å². The maximum absolute atomic E-state index is 13.9. The summed E-state index contributed by atoms with van der Waals surface area (Å²) in [4.78, 5) is 3.98. The number of fused-ring (bicyclic) bond motifs is 1. The average molecular weight is 448 g/mol. The van der Waals surface area contributed by atoms with Gasteiger partial charge in [0.1, 0.15) is 30.1 Å². The van der Waals surface area contributed by atoms with Gasteiger partial charge in [-0.05, 0) is 49.6 Å². The van der Waals surface area contributed by atoms with Crippen LogP contribution in [0.25, 0.3) is 22.3 Å². The van der Waals surface area contributed by atoms with Crippen LogP contribution in [0.15, 0.2) is 41.4 Å². The molecule has 4 rings (SSSR count). The molecule has 2 heterocycles. The van der Waals surface area contributed by atoms with Crippen molar-refractivity contribution < 1.29 is 21.6 Å². The third-order valence-corrected chi connectivity index (χ3v) is 7.01. The smallest absolute Gasteiger partial charge is 0.242 e. The van der Waals surface area contributed by atoms with Gasteiger partial charge in [0.05, 0.1) is 28.5 Å². The van der Waals surface area contributed by atoms with E-state index in [1.165, 1.54) is 24.3 Å². The van der Waals surface area contributed by atoms with Crippen LogP contribution in [0, 0.1) is 17.1 Å². The number of hydrogen-bond donors (Lipinski definition) is 1. The molecule has 10 heteroatoms. The van der Waals surface area contributed by atoms with Crippen molar-refractivity contribution in [2.75, 3.05) is 13.3 Å². The summed E-state index contributed by atoms with van der Waals surface area (Å²) in [5.74, 6) is -0.461. The average Bonchev–Trinajstić information content (AvgIpc) is 3.04. The number of halogens is 3. The highest BCUT2D eigenvalue weighted by molar-refractivity contribution is 7.89. The van der Waals surface area contributed by atoms with E-state index in [0.717, 1.165) is 25.5 Å². The molecule has 0 spiro atoms. The Morgan fingerprint density at radius 3 is 2.52 bits per heavy atom. The first-order chi connectivity index (χ1) is 14.9. The fraction of sp³-hybridized carbons (Fsp3) is 0.333. The van der Waals surface area contributed by atoms with Crippen LogP contribution < -0.4 is 4.72 Å². The van der Waals surface area contributed by atoms with Crippen LogP contribution >= 0.6 is 0 Å². The van der Waals surface area contributed by atoms with Gasteiger partial charge in [-0.1, -0.05) is 0 Å². The van der Waals surface area contributed by atoms with E-state index >= 15 is 0 Å². The lowest BCUT2D eigenvalue weighted by atomic mass is 9.92. The first kappa shape index (κ1) is 21.3. The number of benzene rings is 1. The fourth-order valence-electron chi connectivity index (χ4n) is 3.75. The molecule has 0 bridgehead atoms. The van der Waals surface area contributed by atoms with Gasteiger partial charge in [-0.3, -0.25) is 4.98 Å². The van der Waals surface area contributed by atoms with E-state index in [2.05, 4.69) is 11.1 Å². The number of sulfonamides is 1. The van der Waals surface area contributed by atoms with E-state index in [0.29, 0.717) is 22.3 Å². The van der Waals surface area contributed by atoms with Crippen LogP contribution in [-0.2, 0) is 10.0 Å². The molecular weight excluding hydrogens is 429 g/mol. The second kappa shape index (κ2) is 8.32. The monoisotopic (exact) mass is 448 g/mol. The van der Waals surface area contributed by atoms with Gasteiger partial charge in [0.25, 0.3) is 0 Å². The van der Waals surface area contributed by atoms with Gasteiger partial charge in [-0.25, -0.2) is 26.3 Å². The molecule has 0 unspecified atom stereocenters. The highest BCUT2D eigenvalue weighted by atomic mass is 32.2. The molecule has 0 atom stereocenters. The topological polar surface area (TPSA) is 87.8 Å². The molecule has 0 radical (unpaired) electrons. The Balaban J connectivity index is 1.81. The number of pyridine rings is 1. The van der Waals surface area contributed by atoms with E-state index in [9.17, 15) is 26.9 Å². The Morgan fingerprint density at radius 2 is 1.97 bits per heavy atom. The van der Waals surface area contributed by atoms with Crippen molar-refractivity contribution >= 4 is 20.9 Å². The highest BCUT2D eigenvalue weighted by Gasteiger charge is 2.29. The summed E-state index contributed by atoms with van der Waals surface area (Å²) in [5.41, 5.74) is 1.82. The van der Waals surface area contributed by atoms with Crippen LogP contribution in [-0.4, -0.2) is 37.4 Å². The number of hydrogen-bond acceptors (Lipinski definition) is 4. The Bertz CT molecular complexity index is 1260. The van der Waals surface area contributed by atoms with Gasteiger partial charge < -0.3 is 4.57 Å². The Morgan fingerprint density at radius 1 is 1.23 bits per heavy atom. The largest absolute Gasteiger partial charge is 0.335 e. The highest BCUT2D eigenvalue weighted by Crippen LogP contribution is 2.42. The molecule has 162 valence electrons. The zero-order chi connectivity index (χ0) is 22.2. The van der Waals surface area contributed by atoms with E-state index < -0.39 is 35.2 Å². The van der Waals surface area contributed by atoms with Gasteiger partial charge >= 0.3 is 0 Å². The maximum atomic E-state index is 13.9.